The zero-order valence-electron chi connectivity index (χ0n) is 18.3. The van der Waals surface area contributed by atoms with Crippen LogP contribution in [-0.2, 0) is 4.74 Å². The van der Waals surface area contributed by atoms with Crippen LogP contribution < -0.4 is 10.6 Å². The van der Waals surface area contributed by atoms with E-state index >= 15 is 0 Å². The highest BCUT2D eigenvalue weighted by Crippen LogP contribution is 2.36. The molecule has 2 aromatic carbocycles. The van der Waals surface area contributed by atoms with Crippen molar-refractivity contribution >= 4 is 45.3 Å². The van der Waals surface area contributed by atoms with Gasteiger partial charge in [-0.1, -0.05) is 54.6 Å². The fourth-order valence-electron chi connectivity index (χ4n) is 3.36. The number of amides is 1. The first-order valence-corrected chi connectivity index (χ1v) is 12.4. The fourth-order valence-corrected chi connectivity index (χ4v) is 5.05. The molecule has 0 saturated carbocycles. The Labute approximate surface area is 205 Å². The maximum absolute atomic E-state index is 13.3. The third kappa shape index (κ3) is 5.24. The van der Waals surface area contributed by atoms with Crippen molar-refractivity contribution < 1.29 is 19.1 Å². The maximum Gasteiger partial charge on any atom is 0.341 e. The number of hydrogen-bond donors (Lipinski definition) is 2. The number of thiophene rings is 2. The van der Waals surface area contributed by atoms with Crippen LogP contribution in [0.4, 0.5) is 5.00 Å². The van der Waals surface area contributed by atoms with E-state index in [4.69, 9.17) is 4.74 Å². The molecule has 34 heavy (non-hydrogen) atoms. The monoisotopic (exact) mass is 490 g/mol. The highest BCUT2D eigenvalue weighted by molar-refractivity contribution is 7.15. The first kappa shape index (κ1) is 23.4. The third-order valence-electron chi connectivity index (χ3n) is 4.97. The number of carbonyl (C=O) groups is 3. The minimum Gasteiger partial charge on any atom is -0.462 e. The van der Waals surface area contributed by atoms with Gasteiger partial charge in [0.25, 0.3) is 5.91 Å². The second kappa shape index (κ2) is 10.9. The average molecular weight is 491 g/mol. The van der Waals surface area contributed by atoms with Gasteiger partial charge in [0, 0.05) is 16.5 Å². The molecular weight excluding hydrogens is 468 g/mol. The van der Waals surface area contributed by atoms with Crippen LogP contribution in [0.5, 0.6) is 0 Å². The summed E-state index contributed by atoms with van der Waals surface area (Å²) in [7, 11) is 0. The van der Waals surface area contributed by atoms with Crippen molar-refractivity contribution in [2.24, 2.45) is 0 Å². The van der Waals surface area contributed by atoms with Gasteiger partial charge in [-0.05, 0) is 36.1 Å². The highest BCUT2D eigenvalue weighted by atomic mass is 32.1. The van der Waals surface area contributed by atoms with Gasteiger partial charge in [-0.25, -0.2) is 4.79 Å². The van der Waals surface area contributed by atoms with Gasteiger partial charge in [0.05, 0.1) is 11.5 Å². The van der Waals surface area contributed by atoms with Gasteiger partial charge in [-0.15, -0.1) is 22.7 Å². The quantitative estimate of drug-likeness (QED) is 0.179. The summed E-state index contributed by atoms with van der Waals surface area (Å²) in [5, 5.41) is 9.97. The summed E-state index contributed by atoms with van der Waals surface area (Å²) in [6, 6.07) is 21.6. The number of benzene rings is 2. The number of ketones is 1. The summed E-state index contributed by atoms with van der Waals surface area (Å²) in [6.07, 6.45) is -1.08. The lowest BCUT2D eigenvalue weighted by Gasteiger charge is -2.20. The normalized spacial score (nSPS) is 11.4. The first-order chi connectivity index (χ1) is 16.6. The number of esters is 1. The van der Waals surface area contributed by atoms with Crippen LogP contribution in [0.25, 0.3) is 11.1 Å². The average Bonchev–Trinajstić information content (AvgIpc) is 3.55. The lowest BCUT2D eigenvalue weighted by Crippen LogP contribution is -2.46. The van der Waals surface area contributed by atoms with Gasteiger partial charge in [0.2, 0.25) is 5.78 Å². The van der Waals surface area contributed by atoms with Crippen molar-refractivity contribution in [3.63, 3.8) is 0 Å². The summed E-state index contributed by atoms with van der Waals surface area (Å²) >= 11 is 2.56. The van der Waals surface area contributed by atoms with Crippen molar-refractivity contribution in [3.8, 4) is 11.1 Å². The zero-order chi connectivity index (χ0) is 23.9. The molecule has 6 nitrogen and oxygen atoms in total. The van der Waals surface area contributed by atoms with Gasteiger partial charge in [0.15, 0.2) is 6.17 Å². The number of anilines is 1. The van der Waals surface area contributed by atoms with Gasteiger partial charge in [0.1, 0.15) is 10.6 Å². The van der Waals surface area contributed by atoms with Crippen LogP contribution in [0.15, 0.2) is 83.6 Å². The van der Waals surface area contributed by atoms with Crippen LogP contribution in [-0.4, -0.2) is 30.4 Å². The Morgan fingerprint density at radius 1 is 0.912 bits per heavy atom. The molecule has 0 aliphatic rings. The van der Waals surface area contributed by atoms with Crippen molar-refractivity contribution in [2.45, 2.75) is 13.1 Å². The van der Waals surface area contributed by atoms with Gasteiger partial charge >= 0.3 is 5.97 Å². The van der Waals surface area contributed by atoms with E-state index in [-0.39, 0.29) is 12.4 Å². The van der Waals surface area contributed by atoms with E-state index in [0.717, 1.165) is 5.56 Å². The molecular formula is C26H22N2O4S2. The first-order valence-electron chi connectivity index (χ1n) is 10.6. The zero-order valence-corrected chi connectivity index (χ0v) is 19.9. The van der Waals surface area contributed by atoms with E-state index in [0.29, 0.717) is 26.6 Å². The number of carbonyl (C=O) groups excluding carboxylic acids is 3. The second-order valence-corrected chi connectivity index (χ2v) is 9.03. The molecule has 0 radical (unpaired) electrons. The summed E-state index contributed by atoms with van der Waals surface area (Å²) < 4.78 is 5.31. The van der Waals surface area contributed by atoms with Gasteiger partial charge in [-0.2, -0.15) is 0 Å². The molecule has 172 valence electrons. The van der Waals surface area contributed by atoms with Crippen LogP contribution in [0.2, 0.25) is 0 Å². The largest absolute Gasteiger partial charge is 0.462 e. The van der Waals surface area contributed by atoms with Crippen LogP contribution in [0.1, 0.15) is 37.3 Å². The minimum absolute atomic E-state index is 0.213. The Hall–Kier alpha value is -3.75. The van der Waals surface area contributed by atoms with Crippen molar-refractivity contribution in [3.05, 3.63) is 99.6 Å². The SMILES string of the molecule is CCOC(=O)c1c(-c2ccccc2)csc1N[C@H](NC(=O)c1ccccc1)C(=O)c1cccs1. The molecule has 0 aliphatic carbocycles. The second-order valence-electron chi connectivity index (χ2n) is 7.20. The maximum atomic E-state index is 13.3. The molecule has 0 unspecified atom stereocenters. The molecule has 1 amide bonds. The Morgan fingerprint density at radius 2 is 1.62 bits per heavy atom. The third-order valence-corrected chi connectivity index (χ3v) is 6.76. The lowest BCUT2D eigenvalue weighted by atomic mass is 10.0. The molecule has 0 fully saturated rings. The standard InChI is InChI=1S/C26H22N2O4S2/c1-2-32-26(31)21-19(17-10-5-3-6-11-17)16-34-25(21)28-23(22(29)20-14-9-15-33-20)27-24(30)18-12-7-4-8-13-18/h3-16,23,28H,2H2,1H3,(H,27,30)/t23-/m0/s1. The summed E-state index contributed by atoms with van der Waals surface area (Å²) in [4.78, 5) is 39.6. The number of hydrogen-bond acceptors (Lipinski definition) is 7. The highest BCUT2D eigenvalue weighted by Gasteiger charge is 2.28. The number of nitrogens with one attached hydrogen (secondary N) is 2. The molecule has 8 heteroatoms. The van der Waals surface area contributed by atoms with Crippen molar-refractivity contribution in [2.75, 3.05) is 11.9 Å². The van der Waals surface area contributed by atoms with E-state index in [1.807, 2.05) is 41.8 Å². The van der Waals surface area contributed by atoms with E-state index < -0.39 is 18.0 Å². The van der Waals surface area contributed by atoms with E-state index in [2.05, 4.69) is 10.6 Å². The van der Waals surface area contributed by atoms with E-state index in [1.54, 1.807) is 48.7 Å². The smallest absolute Gasteiger partial charge is 0.341 e. The molecule has 0 bridgehead atoms. The molecule has 0 saturated heterocycles. The van der Waals surface area contributed by atoms with E-state index in [1.165, 1.54) is 22.7 Å². The van der Waals surface area contributed by atoms with Gasteiger partial charge in [-0.3, -0.25) is 9.59 Å². The fraction of sp³-hybridized carbons (Fsp3) is 0.115. The predicted molar refractivity (Wildman–Crippen MR) is 136 cm³/mol. The molecule has 4 rings (SSSR count). The number of rotatable bonds is 9. The van der Waals surface area contributed by atoms with E-state index in [9.17, 15) is 14.4 Å². The molecule has 4 aromatic rings. The summed E-state index contributed by atoms with van der Waals surface area (Å²) in [6.45, 7) is 1.95. The Bertz CT molecular complexity index is 1270. The molecule has 2 aromatic heterocycles. The minimum atomic E-state index is -1.08. The Balaban J connectivity index is 1.70. The van der Waals surface area contributed by atoms with Crippen LogP contribution in [0.3, 0.4) is 0 Å². The number of ether oxygens (including phenoxy) is 1. The molecule has 1 atom stereocenters. The molecule has 0 aliphatic heterocycles. The summed E-state index contributed by atoms with van der Waals surface area (Å²) in [5.74, 6) is -1.20. The predicted octanol–water partition coefficient (Wildman–Crippen LogP) is 5.70. The molecule has 2 heterocycles. The lowest BCUT2D eigenvalue weighted by molar-refractivity contribution is 0.0528. The number of Topliss-reactive ketones (excluding diaryl/α,β-unsaturated/α-hetero) is 1. The molecule has 0 spiro atoms. The Kier molecular flexibility index (Phi) is 7.51. The topological polar surface area (TPSA) is 84.5 Å². The van der Waals surface area contributed by atoms with Gasteiger partial charge < -0.3 is 15.4 Å². The Morgan fingerprint density at radius 3 is 2.26 bits per heavy atom. The van der Waals surface area contributed by atoms with Crippen LogP contribution >= 0.6 is 22.7 Å². The summed E-state index contributed by atoms with van der Waals surface area (Å²) in [5.41, 5.74) is 2.30. The van der Waals surface area contributed by atoms with Crippen molar-refractivity contribution in [1.82, 2.24) is 5.32 Å². The molecule has 2 N–H and O–H groups in total. The van der Waals surface area contributed by atoms with Crippen molar-refractivity contribution in [1.29, 1.82) is 0 Å². The van der Waals surface area contributed by atoms with Crippen LogP contribution in [0, 0.1) is 0 Å².